The van der Waals surface area contributed by atoms with Gasteiger partial charge in [-0.1, -0.05) is 125 Å². The monoisotopic (exact) mass is 868 g/mol. The number of benzene rings is 4. The Morgan fingerprint density at radius 1 is 0.698 bits per heavy atom. The number of halogens is 1. The van der Waals surface area contributed by atoms with Gasteiger partial charge in [0, 0.05) is 67.2 Å². The Balaban J connectivity index is 1.16. The van der Waals surface area contributed by atoms with Gasteiger partial charge in [-0.05, 0) is 57.9 Å². The largest absolute Gasteiger partial charge is 0.449 e. The lowest BCUT2D eigenvalue weighted by molar-refractivity contribution is 0.000732. The first-order valence-corrected chi connectivity index (χ1v) is 22.1. The Morgan fingerprint density at radius 3 is 1.98 bits per heavy atom. The summed E-state index contributed by atoms with van der Waals surface area (Å²) in [5.41, 5.74) is 19.1. The fraction of sp³-hybridized carbons (Fsp3) is 0.360. The zero-order chi connectivity index (χ0) is 44.4. The van der Waals surface area contributed by atoms with E-state index in [2.05, 4.69) is 98.6 Å². The van der Waals surface area contributed by atoms with Crippen LogP contribution in [-0.2, 0) is 22.6 Å². The fourth-order valence-electron chi connectivity index (χ4n) is 8.90. The topological polar surface area (TPSA) is 147 Å². The Labute approximate surface area is 374 Å². The maximum atomic E-state index is 13.5. The second-order valence-electron chi connectivity index (χ2n) is 18.2. The molecule has 2 aliphatic rings. The number of hydrogen-bond acceptors (Lipinski definition) is 8. The van der Waals surface area contributed by atoms with Crippen LogP contribution in [0.5, 0.6) is 0 Å². The Kier molecular flexibility index (Phi) is 12.8. The molecule has 4 aromatic carbocycles. The van der Waals surface area contributed by atoms with Crippen LogP contribution in [0.4, 0.5) is 9.59 Å². The minimum absolute atomic E-state index is 0.0256. The molecule has 328 valence electrons. The number of rotatable bonds is 14. The minimum Gasteiger partial charge on any atom is -0.449 e. The summed E-state index contributed by atoms with van der Waals surface area (Å²) in [6.45, 7) is 13.5. The molecule has 8 rings (SSSR count). The molecule has 6 aromatic rings. The number of aromatic nitrogens is 4. The number of ether oxygens (including phenoxy) is 2. The smallest absolute Gasteiger partial charge is 0.410 e. The third kappa shape index (κ3) is 9.53. The number of nitrogens with zero attached hydrogens (tertiary/aromatic N) is 6. The molecule has 13 heteroatoms. The van der Waals surface area contributed by atoms with E-state index >= 15 is 0 Å². The van der Waals surface area contributed by atoms with Gasteiger partial charge < -0.3 is 30.1 Å². The summed E-state index contributed by atoms with van der Waals surface area (Å²) in [6.07, 6.45) is 3.02. The van der Waals surface area contributed by atoms with Crippen molar-refractivity contribution in [3.05, 3.63) is 143 Å². The van der Waals surface area contributed by atoms with Crippen molar-refractivity contribution < 1.29 is 19.1 Å². The average molecular weight is 870 g/mol. The van der Waals surface area contributed by atoms with E-state index < -0.39 is 6.04 Å². The first-order valence-electron chi connectivity index (χ1n) is 21.7. The van der Waals surface area contributed by atoms with E-state index in [1.54, 1.807) is 4.90 Å². The second-order valence-corrected chi connectivity index (χ2v) is 18.6. The molecule has 2 aliphatic heterocycles. The van der Waals surface area contributed by atoms with Crippen LogP contribution in [0.15, 0.2) is 116 Å². The zero-order valence-electron chi connectivity index (χ0n) is 36.7. The third-order valence-corrected chi connectivity index (χ3v) is 12.1. The molecule has 4 N–H and O–H groups in total. The number of nitrogens with two attached hydrogens (primary N) is 2. The van der Waals surface area contributed by atoms with Gasteiger partial charge in [-0.15, -0.1) is 0 Å². The average Bonchev–Trinajstić information content (AvgIpc) is 3.98. The second kappa shape index (κ2) is 18.4. The van der Waals surface area contributed by atoms with E-state index in [1.165, 1.54) is 0 Å². The first kappa shape index (κ1) is 43.7. The van der Waals surface area contributed by atoms with Gasteiger partial charge in [0.2, 0.25) is 0 Å². The molecule has 0 radical (unpaired) electrons. The predicted molar refractivity (Wildman–Crippen MR) is 247 cm³/mol. The molecule has 0 saturated carbocycles. The summed E-state index contributed by atoms with van der Waals surface area (Å²) in [6, 6.07) is 34.0. The molecular weight excluding hydrogens is 812 g/mol. The van der Waals surface area contributed by atoms with Crippen LogP contribution in [0.2, 0.25) is 5.02 Å². The molecule has 0 aliphatic carbocycles. The highest BCUT2D eigenvalue weighted by molar-refractivity contribution is 6.31. The molecule has 0 bridgehead atoms. The summed E-state index contributed by atoms with van der Waals surface area (Å²) in [5, 5.41) is 0.572. The molecule has 2 aromatic heterocycles. The van der Waals surface area contributed by atoms with Crippen LogP contribution in [0.25, 0.3) is 33.6 Å². The van der Waals surface area contributed by atoms with Crippen molar-refractivity contribution in [2.75, 3.05) is 32.8 Å². The van der Waals surface area contributed by atoms with E-state index in [0.29, 0.717) is 44.4 Å². The van der Waals surface area contributed by atoms with Crippen molar-refractivity contribution in [3.8, 4) is 33.6 Å². The van der Waals surface area contributed by atoms with Gasteiger partial charge in [-0.2, -0.15) is 0 Å². The number of carbonyl (C=O) groups is 2. The number of cyclic esters (lactones) is 2. The van der Waals surface area contributed by atoms with Gasteiger partial charge in [0.25, 0.3) is 0 Å². The first-order chi connectivity index (χ1) is 30.3. The van der Waals surface area contributed by atoms with Gasteiger partial charge in [0.15, 0.2) is 0 Å². The van der Waals surface area contributed by atoms with Crippen molar-refractivity contribution in [2.24, 2.45) is 28.7 Å². The maximum absolute atomic E-state index is 13.5. The number of carbonyl (C=O) groups excluding carboxylic acids is 2. The highest BCUT2D eigenvalue weighted by Gasteiger charge is 2.42. The van der Waals surface area contributed by atoms with E-state index in [9.17, 15) is 9.59 Å². The van der Waals surface area contributed by atoms with Crippen molar-refractivity contribution in [2.45, 2.75) is 65.9 Å². The van der Waals surface area contributed by atoms with E-state index in [0.717, 1.165) is 56.4 Å². The molecule has 12 nitrogen and oxygen atoms in total. The molecule has 63 heavy (non-hydrogen) atoms. The summed E-state index contributed by atoms with van der Waals surface area (Å²) >= 11 is 6.95. The summed E-state index contributed by atoms with van der Waals surface area (Å²) < 4.78 is 15.6. The van der Waals surface area contributed by atoms with Crippen molar-refractivity contribution in [3.63, 3.8) is 0 Å². The van der Waals surface area contributed by atoms with Crippen LogP contribution in [-0.4, -0.2) is 80.0 Å². The number of amides is 2. The normalized spacial score (nSPS) is 17.9. The molecule has 1 unspecified atom stereocenters. The van der Waals surface area contributed by atoms with Gasteiger partial charge in [0.1, 0.15) is 17.8 Å². The molecule has 0 spiro atoms. The van der Waals surface area contributed by atoms with Crippen LogP contribution in [0.1, 0.15) is 69.5 Å². The van der Waals surface area contributed by atoms with Crippen LogP contribution < -0.4 is 11.5 Å². The molecule has 4 atom stereocenters. The Bertz CT molecular complexity index is 2550. The highest BCUT2D eigenvalue weighted by Crippen LogP contribution is 2.41. The maximum Gasteiger partial charge on any atom is 0.410 e. The van der Waals surface area contributed by atoms with Gasteiger partial charge in [0.05, 0.1) is 36.6 Å². The van der Waals surface area contributed by atoms with Gasteiger partial charge in [-0.25, -0.2) is 19.6 Å². The quantitative estimate of drug-likeness (QED) is 0.110. The molecule has 2 saturated heterocycles. The fourth-order valence-corrected chi connectivity index (χ4v) is 9.13. The number of imidazole rings is 2. The third-order valence-electron chi connectivity index (χ3n) is 11.9. The number of hydrogen-bond donors (Lipinski definition) is 2. The molecule has 2 amide bonds. The zero-order valence-corrected chi connectivity index (χ0v) is 37.4. The van der Waals surface area contributed by atoms with Crippen molar-refractivity contribution in [1.82, 2.24) is 28.9 Å². The van der Waals surface area contributed by atoms with Crippen LogP contribution >= 0.6 is 11.6 Å². The lowest BCUT2D eigenvalue weighted by Gasteiger charge is -2.42. The van der Waals surface area contributed by atoms with Gasteiger partial charge >= 0.3 is 12.2 Å². The molecule has 4 heterocycles. The highest BCUT2D eigenvalue weighted by atomic mass is 35.5. The van der Waals surface area contributed by atoms with Gasteiger partial charge in [-0.3, -0.25) is 9.80 Å². The molecular formula is C50H57ClN8O4. The molecule has 2 fully saturated rings. The van der Waals surface area contributed by atoms with Crippen LogP contribution in [0.3, 0.4) is 0 Å². The lowest BCUT2D eigenvalue weighted by atomic mass is 9.84. The van der Waals surface area contributed by atoms with E-state index in [1.807, 2.05) is 65.6 Å². The summed E-state index contributed by atoms with van der Waals surface area (Å²) in [4.78, 5) is 40.8. The van der Waals surface area contributed by atoms with E-state index in [-0.39, 0.29) is 48.1 Å². The summed E-state index contributed by atoms with van der Waals surface area (Å²) in [5.74, 6) is 1.59. The Hall–Kier alpha value is -5.95. The SMILES string of the molecule is CC(C)[C@H](c1nc(-c2cc(Cl)cc(-c3cccc(Cn4cc(-c5ccccc5)nc4[C@H](N4C[C@H](CN)COC4=O)C(C)(C)C)c3)c2)cn1Cc1ccccc1)N1CC(CN)OC1=O. The summed E-state index contributed by atoms with van der Waals surface area (Å²) in [7, 11) is 0. The van der Waals surface area contributed by atoms with E-state index in [4.69, 9.17) is 42.5 Å². The van der Waals surface area contributed by atoms with Crippen molar-refractivity contribution >= 4 is 23.8 Å². The van der Waals surface area contributed by atoms with Crippen molar-refractivity contribution in [1.29, 1.82) is 0 Å². The predicted octanol–water partition coefficient (Wildman–Crippen LogP) is 9.42. The standard InChI is InChI=1S/C50H57ClN8O4/c1-32(2)44(58-28-41(24-53)63-49(58)61)46-54-43(30-56(46)25-33-13-8-6-9-14-33)39-20-38(21-40(51)22-39)37-18-12-15-34(19-37)26-57-29-42(36-16-10-7-11-17-36)55-47(57)45(50(3,4)5)59-27-35(23-52)31-62-48(59)60/h6-22,29-30,32,35,41,44-45H,23-28,31,52-53H2,1-5H3/t35-,41?,44+,45-/m0/s1. The minimum atomic E-state index is -0.393. The Morgan fingerprint density at radius 2 is 1.32 bits per heavy atom. The van der Waals surface area contributed by atoms with Crippen LogP contribution in [0, 0.1) is 17.3 Å². The lowest BCUT2D eigenvalue weighted by Crippen LogP contribution is -2.50.